The molecule has 0 heterocycles. The summed E-state index contributed by atoms with van der Waals surface area (Å²) >= 11 is 0. The molecule has 4 unspecified atom stereocenters. The highest BCUT2D eigenvalue weighted by Gasteiger charge is 2.59. The number of fused-ring (bicyclic) bond motifs is 5. The van der Waals surface area contributed by atoms with Gasteiger partial charge in [-0.3, -0.25) is 0 Å². The molecule has 0 saturated heterocycles. The Morgan fingerprint density at radius 2 is 1.87 bits per heavy atom. The van der Waals surface area contributed by atoms with E-state index in [0.717, 1.165) is 42.4 Å². The summed E-state index contributed by atoms with van der Waals surface area (Å²) in [6.07, 6.45) is 16.7. The van der Waals surface area contributed by atoms with Crippen molar-refractivity contribution in [2.24, 2.45) is 40.4 Å². The van der Waals surface area contributed by atoms with Crippen LogP contribution in [-0.2, 0) is 0 Å². The van der Waals surface area contributed by atoms with Crippen LogP contribution in [0, 0.1) is 40.4 Å². The van der Waals surface area contributed by atoms with Crippen molar-refractivity contribution in [2.45, 2.75) is 118 Å². The molecule has 0 aromatic carbocycles. The fourth-order valence-electron chi connectivity index (χ4n) is 9.00. The Morgan fingerprint density at radius 3 is 2.57 bits per heavy atom. The molecule has 170 valence electrons. The molecule has 3 fully saturated rings. The first-order valence-corrected chi connectivity index (χ1v) is 13.2. The normalized spacial score (nSPS) is 43.8. The third-order valence-electron chi connectivity index (χ3n) is 10.9. The number of rotatable bonds is 5. The standard InChI is InChI=1S/C29H48O/c1-7-21(19(2)3)9-8-20(4)25-12-13-26-24-11-10-22-18-23(30)14-16-28(22,5)27(24)15-17-29(25,26)6/h10,20,23-27,30H,7-9,11-18H2,1-6H3/t20-,23+,24?,25?,26?,27?,28+,29-/m1/s1. The maximum Gasteiger partial charge on any atom is 0.0577 e. The smallest absolute Gasteiger partial charge is 0.0577 e. The van der Waals surface area contributed by atoms with Gasteiger partial charge in [-0.2, -0.15) is 0 Å². The molecule has 0 bridgehead atoms. The van der Waals surface area contributed by atoms with E-state index in [4.69, 9.17) is 0 Å². The Morgan fingerprint density at radius 1 is 1.10 bits per heavy atom. The van der Waals surface area contributed by atoms with Gasteiger partial charge in [0.1, 0.15) is 0 Å². The Kier molecular flexibility index (Phi) is 6.35. The third kappa shape index (κ3) is 3.66. The second-order valence-corrected chi connectivity index (χ2v) is 12.4. The summed E-state index contributed by atoms with van der Waals surface area (Å²) in [6, 6.07) is 0. The monoisotopic (exact) mass is 412 g/mol. The molecule has 0 radical (unpaired) electrons. The Bertz CT molecular complexity index is 697. The highest BCUT2D eigenvalue weighted by atomic mass is 16.3. The number of hydrogen-bond donors (Lipinski definition) is 1. The van der Waals surface area contributed by atoms with Gasteiger partial charge < -0.3 is 5.11 Å². The van der Waals surface area contributed by atoms with Crippen molar-refractivity contribution >= 4 is 0 Å². The van der Waals surface area contributed by atoms with Crippen LogP contribution in [-0.4, -0.2) is 11.2 Å². The molecule has 4 aliphatic carbocycles. The van der Waals surface area contributed by atoms with Gasteiger partial charge in [0.15, 0.2) is 0 Å². The molecule has 1 heteroatoms. The molecule has 0 aliphatic heterocycles. The molecule has 3 saturated carbocycles. The zero-order chi connectivity index (χ0) is 21.7. The summed E-state index contributed by atoms with van der Waals surface area (Å²) in [5.74, 6) is 4.47. The van der Waals surface area contributed by atoms with Crippen molar-refractivity contribution in [3.8, 4) is 0 Å². The van der Waals surface area contributed by atoms with E-state index in [-0.39, 0.29) is 6.10 Å². The van der Waals surface area contributed by atoms with Gasteiger partial charge >= 0.3 is 0 Å². The minimum Gasteiger partial charge on any atom is -0.393 e. The van der Waals surface area contributed by atoms with E-state index in [1.54, 1.807) is 16.7 Å². The molecule has 1 nitrogen and oxygen atoms in total. The molecule has 30 heavy (non-hydrogen) atoms. The summed E-state index contributed by atoms with van der Waals surface area (Å²) in [5.41, 5.74) is 5.81. The molecular weight excluding hydrogens is 364 g/mol. The van der Waals surface area contributed by atoms with E-state index in [0.29, 0.717) is 10.8 Å². The molecule has 0 aromatic heterocycles. The van der Waals surface area contributed by atoms with Crippen LogP contribution in [0.15, 0.2) is 22.8 Å². The Balaban J connectivity index is 1.49. The second-order valence-electron chi connectivity index (χ2n) is 12.4. The molecule has 4 rings (SSSR count). The zero-order valence-corrected chi connectivity index (χ0v) is 20.8. The molecule has 1 N–H and O–H groups in total. The lowest BCUT2D eigenvalue weighted by atomic mass is 9.47. The lowest BCUT2D eigenvalue weighted by Gasteiger charge is -2.58. The molecule has 0 aromatic rings. The number of aliphatic hydroxyl groups is 1. The van der Waals surface area contributed by atoms with Crippen LogP contribution in [0.1, 0.15) is 112 Å². The van der Waals surface area contributed by atoms with Gasteiger partial charge in [0.2, 0.25) is 0 Å². The van der Waals surface area contributed by atoms with Gasteiger partial charge in [-0.1, -0.05) is 50.5 Å². The Hall–Kier alpha value is -0.560. The van der Waals surface area contributed by atoms with E-state index in [1.807, 2.05) is 0 Å². The quantitative estimate of drug-likeness (QED) is 0.452. The van der Waals surface area contributed by atoms with E-state index in [1.165, 1.54) is 57.8 Å². The van der Waals surface area contributed by atoms with Crippen molar-refractivity contribution in [2.75, 3.05) is 0 Å². The van der Waals surface area contributed by atoms with Gasteiger partial charge in [-0.05, 0) is 125 Å². The zero-order valence-electron chi connectivity index (χ0n) is 20.8. The predicted octanol–water partition coefficient (Wildman–Crippen LogP) is 8.09. The van der Waals surface area contributed by atoms with E-state index < -0.39 is 0 Å². The van der Waals surface area contributed by atoms with E-state index >= 15 is 0 Å². The molecule has 0 spiro atoms. The predicted molar refractivity (Wildman–Crippen MR) is 128 cm³/mol. The number of hydrogen-bond acceptors (Lipinski definition) is 1. The SMILES string of the molecule is CCC(CC[C@@H](C)C1CCC2C3CC=C4C[C@@H](O)CC[C@]4(C)C3CC[C@@]21C)=C(C)C. The number of allylic oxidation sites excluding steroid dienone is 3. The highest BCUT2D eigenvalue weighted by molar-refractivity contribution is 5.25. The average molecular weight is 413 g/mol. The largest absolute Gasteiger partial charge is 0.393 e. The van der Waals surface area contributed by atoms with Gasteiger partial charge in [0, 0.05) is 0 Å². The summed E-state index contributed by atoms with van der Waals surface area (Å²) in [6.45, 7) is 14.8. The van der Waals surface area contributed by atoms with Crippen molar-refractivity contribution in [3.05, 3.63) is 22.8 Å². The minimum absolute atomic E-state index is 0.0831. The summed E-state index contributed by atoms with van der Waals surface area (Å²) in [5, 5.41) is 10.2. The van der Waals surface area contributed by atoms with E-state index in [9.17, 15) is 5.11 Å². The first-order chi connectivity index (χ1) is 14.2. The van der Waals surface area contributed by atoms with Crippen LogP contribution >= 0.6 is 0 Å². The molecule has 4 aliphatic rings. The minimum atomic E-state index is -0.0831. The fraction of sp³-hybridized carbons (Fsp3) is 0.862. The average Bonchev–Trinajstić information content (AvgIpc) is 3.06. The summed E-state index contributed by atoms with van der Waals surface area (Å²) in [7, 11) is 0. The van der Waals surface area contributed by atoms with Gasteiger partial charge in [0.05, 0.1) is 6.10 Å². The van der Waals surface area contributed by atoms with E-state index in [2.05, 4.69) is 47.6 Å². The van der Waals surface area contributed by atoms with Crippen LogP contribution in [0.5, 0.6) is 0 Å². The van der Waals surface area contributed by atoms with Crippen molar-refractivity contribution < 1.29 is 5.11 Å². The first-order valence-electron chi connectivity index (χ1n) is 13.2. The van der Waals surface area contributed by atoms with Crippen LogP contribution in [0.25, 0.3) is 0 Å². The third-order valence-corrected chi connectivity index (χ3v) is 10.9. The van der Waals surface area contributed by atoms with Gasteiger partial charge in [-0.25, -0.2) is 0 Å². The van der Waals surface area contributed by atoms with Gasteiger partial charge in [0.25, 0.3) is 0 Å². The lowest BCUT2D eigenvalue weighted by Crippen LogP contribution is -2.50. The highest BCUT2D eigenvalue weighted by Crippen LogP contribution is 2.67. The molecule has 8 atom stereocenters. The summed E-state index contributed by atoms with van der Waals surface area (Å²) in [4.78, 5) is 0. The maximum atomic E-state index is 10.2. The molecule has 0 amide bonds. The summed E-state index contributed by atoms with van der Waals surface area (Å²) < 4.78 is 0. The topological polar surface area (TPSA) is 20.2 Å². The fourth-order valence-corrected chi connectivity index (χ4v) is 9.00. The van der Waals surface area contributed by atoms with Crippen LogP contribution in [0.4, 0.5) is 0 Å². The van der Waals surface area contributed by atoms with Crippen molar-refractivity contribution in [1.29, 1.82) is 0 Å². The van der Waals surface area contributed by atoms with Crippen LogP contribution in [0.3, 0.4) is 0 Å². The van der Waals surface area contributed by atoms with Crippen molar-refractivity contribution in [1.82, 2.24) is 0 Å². The number of aliphatic hydroxyl groups excluding tert-OH is 1. The second kappa shape index (κ2) is 8.42. The molecular formula is C29H48O. The lowest BCUT2D eigenvalue weighted by molar-refractivity contribution is -0.0571. The van der Waals surface area contributed by atoms with Crippen molar-refractivity contribution in [3.63, 3.8) is 0 Å². The van der Waals surface area contributed by atoms with Crippen LogP contribution in [0.2, 0.25) is 0 Å². The Labute approximate surface area is 186 Å². The first kappa shape index (κ1) is 22.6. The maximum absolute atomic E-state index is 10.2. The van der Waals surface area contributed by atoms with Gasteiger partial charge in [-0.15, -0.1) is 0 Å². The van der Waals surface area contributed by atoms with Crippen LogP contribution < -0.4 is 0 Å².